The maximum Gasteiger partial charge on any atom is 0.251 e. The highest BCUT2D eigenvalue weighted by Gasteiger charge is 2.20. The molecule has 0 aromatic heterocycles. The number of halogens is 1. The number of methoxy groups -OCH3 is 2. The topological polar surface area (TPSA) is 47.6 Å². The van der Waals surface area contributed by atoms with Crippen LogP contribution in [0.3, 0.4) is 0 Å². The summed E-state index contributed by atoms with van der Waals surface area (Å²) in [7, 11) is 3.10. The maximum absolute atomic E-state index is 12.1. The van der Waals surface area contributed by atoms with E-state index in [0.717, 1.165) is 0 Å². The molecule has 5 heteroatoms. The van der Waals surface area contributed by atoms with Crippen LogP contribution in [0.15, 0.2) is 18.2 Å². The lowest BCUT2D eigenvalue weighted by molar-refractivity contribution is 0.0921. The monoisotopic (exact) mass is 315 g/mol. The quantitative estimate of drug-likeness (QED) is 0.850. The Kier molecular flexibility index (Phi) is 5.02. The van der Waals surface area contributed by atoms with E-state index in [-0.39, 0.29) is 11.4 Å². The highest BCUT2D eigenvalue weighted by molar-refractivity contribution is 9.09. The molecule has 1 N–H and O–H groups in total. The van der Waals surface area contributed by atoms with Crippen molar-refractivity contribution >= 4 is 21.8 Å². The zero-order chi connectivity index (χ0) is 13.8. The fourth-order valence-corrected chi connectivity index (χ4v) is 1.53. The summed E-state index contributed by atoms with van der Waals surface area (Å²) in [4.78, 5) is 12.1. The smallest absolute Gasteiger partial charge is 0.251 e. The van der Waals surface area contributed by atoms with Crippen molar-refractivity contribution in [2.45, 2.75) is 19.4 Å². The Morgan fingerprint density at radius 2 is 1.89 bits per heavy atom. The van der Waals surface area contributed by atoms with Gasteiger partial charge in [0.1, 0.15) is 0 Å². The minimum atomic E-state index is -0.301. The van der Waals surface area contributed by atoms with Crippen LogP contribution in [0.2, 0.25) is 0 Å². The molecule has 100 valence electrons. The molecule has 18 heavy (non-hydrogen) atoms. The van der Waals surface area contributed by atoms with Crippen LogP contribution >= 0.6 is 15.9 Å². The van der Waals surface area contributed by atoms with Crippen molar-refractivity contribution in [1.29, 1.82) is 0 Å². The summed E-state index contributed by atoms with van der Waals surface area (Å²) in [5, 5.41) is 3.61. The average molecular weight is 316 g/mol. The van der Waals surface area contributed by atoms with Crippen molar-refractivity contribution in [3.05, 3.63) is 23.8 Å². The van der Waals surface area contributed by atoms with Crippen LogP contribution in [-0.4, -0.2) is 31.0 Å². The van der Waals surface area contributed by atoms with Crippen LogP contribution in [-0.2, 0) is 0 Å². The van der Waals surface area contributed by atoms with E-state index in [9.17, 15) is 4.79 Å². The Morgan fingerprint density at radius 3 is 2.39 bits per heavy atom. The van der Waals surface area contributed by atoms with E-state index in [1.165, 1.54) is 0 Å². The van der Waals surface area contributed by atoms with Gasteiger partial charge >= 0.3 is 0 Å². The van der Waals surface area contributed by atoms with Gasteiger partial charge in [-0.25, -0.2) is 0 Å². The molecule has 1 amide bonds. The van der Waals surface area contributed by atoms with Crippen molar-refractivity contribution in [3.63, 3.8) is 0 Å². The Morgan fingerprint density at radius 1 is 1.28 bits per heavy atom. The minimum Gasteiger partial charge on any atom is -0.493 e. The highest BCUT2D eigenvalue weighted by Crippen LogP contribution is 2.27. The van der Waals surface area contributed by atoms with Gasteiger partial charge in [0.15, 0.2) is 11.5 Å². The van der Waals surface area contributed by atoms with Crippen LogP contribution in [0.25, 0.3) is 0 Å². The molecule has 0 fully saturated rings. The Bertz CT molecular complexity index is 432. The molecule has 0 unspecified atom stereocenters. The number of ether oxygens (including phenoxy) is 2. The van der Waals surface area contributed by atoms with Gasteiger partial charge in [-0.05, 0) is 32.0 Å². The molecule has 0 heterocycles. The standard InChI is InChI=1S/C13H18BrNO3/c1-13(2,8-14)15-12(16)9-5-6-10(17-3)11(7-9)18-4/h5-7H,8H2,1-4H3,(H,15,16). The summed E-state index contributed by atoms with van der Waals surface area (Å²) in [6.45, 7) is 3.89. The van der Waals surface area contributed by atoms with Crippen LogP contribution < -0.4 is 14.8 Å². The molecule has 0 aliphatic heterocycles. The van der Waals surface area contributed by atoms with E-state index in [4.69, 9.17) is 9.47 Å². The Balaban J connectivity index is 2.93. The molecule has 0 aliphatic rings. The summed E-state index contributed by atoms with van der Waals surface area (Å²) in [5.74, 6) is 1.01. The molecule has 0 bridgehead atoms. The SMILES string of the molecule is COc1ccc(C(=O)NC(C)(C)CBr)cc1OC. The summed E-state index contributed by atoms with van der Waals surface area (Å²) in [5.41, 5.74) is 0.242. The fraction of sp³-hybridized carbons (Fsp3) is 0.462. The molecule has 0 saturated heterocycles. The largest absolute Gasteiger partial charge is 0.493 e. The summed E-state index contributed by atoms with van der Waals surface area (Å²) in [6, 6.07) is 5.09. The van der Waals surface area contributed by atoms with Crippen molar-refractivity contribution in [2.24, 2.45) is 0 Å². The second kappa shape index (κ2) is 6.09. The number of alkyl halides is 1. The first-order chi connectivity index (χ1) is 8.43. The molecular weight excluding hydrogens is 298 g/mol. The third-order valence-electron chi connectivity index (χ3n) is 2.43. The minimum absolute atomic E-state index is 0.139. The number of carbonyl (C=O) groups is 1. The predicted molar refractivity (Wildman–Crippen MR) is 74.9 cm³/mol. The maximum atomic E-state index is 12.1. The molecule has 0 spiro atoms. The lowest BCUT2D eigenvalue weighted by Crippen LogP contribution is -2.44. The Labute approximate surface area is 116 Å². The zero-order valence-electron chi connectivity index (χ0n) is 11.0. The molecule has 1 aromatic carbocycles. The number of rotatable bonds is 5. The molecule has 0 radical (unpaired) electrons. The third kappa shape index (κ3) is 3.63. The number of nitrogens with one attached hydrogen (secondary N) is 1. The van der Waals surface area contributed by atoms with Gasteiger partial charge < -0.3 is 14.8 Å². The van der Waals surface area contributed by atoms with E-state index in [0.29, 0.717) is 22.4 Å². The average Bonchev–Trinajstić information content (AvgIpc) is 2.37. The van der Waals surface area contributed by atoms with Gasteiger partial charge in [0.2, 0.25) is 0 Å². The number of carbonyl (C=O) groups excluding carboxylic acids is 1. The third-order valence-corrected chi connectivity index (χ3v) is 3.83. The van der Waals surface area contributed by atoms with E-state index in [1.54, 1.807) is 32.4 Å². The van der Waals surface area contributed by atoms with Gasteiger partial charge in [-0.3, -0.25) is 4.79 Å². The molecule has 0 saturated carbocycles. The molecule has 1 aromatic rings. The van der Waals surface area contributed by atoms with Crippen molar-refractivity contribution in [3.8, 4) is 11.5 Å². The van der Waals surface area contributed by atoms with E-state index < -0.39 is 0 Å². The fourth-order valence-electron chi connectivity index (χ4n) is 1.39. The number of amides is 1. The number of benzene rings is 1. The first kappa shape index (κ1) is 14.8. The molecule has 0 atom stereocenters. The number of hydrogen-bond donors (Lipinski definition) is 1. The van der Waals surface area contributed by atoms with Gasteiger partial charge in [-0.15, -0.1) is 0 Å². The van der Waals surface area contributed by atoms with Crippen LogP contribution in [0.4, 0.5) is 0 Å². The van der Waals surface area contributed by atoms with Crippen molar-refractivity contribution < 1.29 is 14.3 Å². The first-order valence-corrected chi connectivity index (χ1v) is 6.66. The summed E-state index contributed by atoms with van der Waals surface area (Å²) >= 11 is 3.36. The Hall–Kier alpha value is -1.23. The molecule has 4 nitrogen and oxygen atoms in total. The van der Waals surface area contributed by atoms with Crippen molar-refractivity contribution in [2.75, 3.05) is 19.5 Å². The molecule has 0 aliphatic carbocycles. The second-order valence-electron chi connectivity index (χ2n) is 4.54. The van der Waals surface area contributed by atoms with Crippen LogP contribution in [0.5, 0.6) is 11.5 Å². The van der Waals surface area contributed by atoms with Crippen LogP contribution in [0, 0.1) is 0 Å². The van der Waals surface area contributed by atoms with E-state index >= 15 is 0 Å². The van der Waals surface area contributed by atoms with Gasteiger partial charge in [0.25, 0.3) is 5.91 Å². The predicted octanol–water partition coefficient (Wildman–Crippen LogP) is 2.61. The lowest BCUT2D eigenvalue weighted by atomic mass is 10.1. The van der Waals surface area contributed by atoms with Crippen LogP contribution in [0.1, 0.15) is 24.2 Å². The van der Waals surface area contributed by atoms with Gasteiger partial charge in [0.05, 0.1) is 14.2 Å². The van der Waals surface area contributed by atoms with Gasteiger partial charge in [-0.2, -0.15) is 0 Å². The summed E-state index contributed by atoms with van der Waals surface area (Å²) in [6.07, 6.45) is 0. The summed E-state index contributed by atoms with van der Waals surface area (Å²) < 4.78 is 10.3. The van der Waals surface area contributed by atoms with Gasteiger partial charge in [-0.1, -0.05) is 15.9 Å². The highest BCUT2D eigenvalue weighted by atomic mass is 79.9. The lowest BCUT2D eigenvalue weighted by Gasteiger charge is -2.23. The normalized spacial score (nSPS) is 10.9. The first-order valence-electron chi connectivity index (χ1n) is 5.54. The van der Waals surface area contributed by atoms with E-state index in [1.807, 2.05) is 13.8 Å². The second-order valence-corrected chi connectivity index (χ2v) is 5.10. The number of hydrogen-bond acceptors (Lipinski definition) is 3. The van der Waals surface area contributed by atoms with Gasteiger partial charge in [0, 0.05) is 16.4 Å². The molecule has 1 rings (SSSR count). The zero-order valence-corrected chi connectivity index (χ0v) is 12.6. The molecular formula is C13H18BrNO3. The van der Waals surface area contributed by atoms with E-state index in [2.05, 4.69) is 21.2 Å². The van der Waals surface area contributed by atoms with Crippen molar-refractivity contribution in [1.82, 2.24) is 5.32 Å².